The molecule has 1 aliphatic rings. The van der Waals surface area contributed by atoms with Crippen LogP contribution in [-0.2, 0) is 9.59 Å². The first-order valence-electron chi connectivity index (χ1n) is 6.42. The zero-order valence-electron chi connectivity index (χ0n) is 11.8. The van der Waals surface area contributed by atoms with E-state index in [0.717, 1.165) is 21.1 Å². The minimum Gasteiger partial charge on any atom is -0.481 e. The Morgan fingerprint density at radius 2 is 2.17 bits per heavy atom. The smallest absolute Gasteiger partial charge is 0.341 e. The van der Waals surface area contributed by atoms with Crippen molar-refractivity contribution in [2.45, 2.75) is 0 Å². The molecule has 2 rings (SSSR count). The summed E-state index contributed by atoms with van der Waals surface area (Å²) < 4.78 is 5.93. The maximum Gasteiger partial charge on any atom is 0.341 e. The molecule has 0 atom stereocenters. The summed E-state index contributed by atoms with van der Waals surface area (Å²) in [7, 11) is 0. The monoisotopic (exact) mass is 397 g/mol. The molecule has 0 aromatic heterocycles. The third-order valence-electron chi connectivity index (χ3n) is 2.79. The predicted octanol–water partition coefficient (Wildman–Crippen LogP) is 3.13. The highest BCUT2D eigenvalue weighted by Crippen LogP contribution is 2.34. The molecule has 2 amide bonds. The second-order valence-electron chi connectivity index (χ2n) is 4.45. The van der Waals surface area contributed by atoms with Gasteiger partial charge in [0.05, 0.1) is 4.91 Å². The average molecular weight is 398 g/mol. The molecule has 1 aromatic rings. The third-order valence-corrected chi connectivity index (χ3v) is 4.20. The topological polar surface area (TPSA) is 83.9 Å². The first kappa shape index (κ1) is 17.3. The first-order chi connectivity index (χ1) is 10.9. The van der Waals surface area contributed by atoms with Crippen molar-refractivity contribution in [2.75, 3.05) is 13.2 Å². The van der Waals surface area contributed by atoms with Crippen molar-refractivity contribution in [2.24, 2.45) is 0 Å². The molecule has 8 heteroatoms. The van der Waals surface area contributed by atoms with Gasteiger partial charge in [-0.1, -0.05) is 22.0 Å². The fourth-order valence-electron chi connectivity index (χ4n) is 1.83. The Labute approximate surface area is 144 Å². The summed E-state index contributed by atoms with van der Waals surface area (Å²) in [4.78, 5) is 36.0. The normalized spacial score (nSPS) is 16.0. The van der Waals surface area contributed by atoms with Crippen LogP contribution in [-0.4, -0.2) is 40.3 Å². The molecule has 120 valence electrons. The van der Waals surface area contributed by atoms with Crippen LogP contribution in [0.2, 0.25) is 0 Å². The molecule has 0 aliphatic carbocycles. The number of halogens is 1. The zero-order chi connectivity index (χ0) is 17.0. The van der Waals surface area contributed by atoms with Crippen LogP contribution in [0.4, 0.5) is 4.79 Å². The summed E-state index contributed by atoms with van der Waals surface area (Å²) in [5.41, 5.74) is 0.504. The number of carbonyl (C=O) groups is 3. The third kappa shape index (κ3) is 4.23. The van der Waals surface area contributed by atoms with Crippen molar-refractivity contribution in [3.8, 4) is 5.75 Å². The van der Waals surface area contributed by atoms with Gasteiger partial charge in [0.1, 0.15) is 5.75 Å². The quantitative estimate of drug-likeness (QED) is 0.586. The Balaban J connectivity index is 2.33. The predicted molar refractivity (Wildman–Crippen MR) is 90.1 cm³/mol. The lowest BCUT2D eigenvalue weighted by Gasteiger charge is -2.09. The van der Waals surface area contributed by atoms with E-state index in [-0.39, 0.29) is 16.7 Å². The van der Waals surface area contributed by atoms with Crippen LogP contribution in [0.5, 0.6) is 5.75 Å². The van der Waals surface area contributed by atoms with Gasteiger partial charge in [0.15, 0.2) is 6.61 Å². The van der Waals surface area contributed by atoms with E-state index in [2.05, 4.69) is 22.5 Å². The molecule has 0 spiro atoms. The van der Waals surface area contributed by atoms with E-state index in [1.807, 2.05) is 0 Å². The molecule has 1 fully saturated rings. The number of carbonyl (C=O) groups excluding carboxylic acids is 2. The first-order valence-corrected chi connectivity index (χ1v) is 8.03. The van der Waals surface area contributed by atoms with Crippen molar-refractivity contribution in [1.82, 2.24) is 4.90 Å². The summed E-state index contributed by atoms with van der Waals surface area (Å²) in [6.07, 6.45) is 2.98. The lowest BCUT2D eigenvalue weighted by atomic mass is 10.2. The molecule has 0 unspecified atom stereocenters. The number of amides is 2. The molecular formula is C15H12BrNO5S. The Bertz CT molecular complexity index is 716. The van der Waals surface area contributed by atoms with Crippen molar-refractivity contribution in [1.29, 1.82) is 0 Å². The van der Waals surface area contributed by atoms with Crippen LogP contribution < -0.4 is 4.74 Å². The Morgan fingerprint density at radius 3 is 2.83 bits per heavy atom. The second-order valence-corrected chi connectivity index (χ2v) is 6.35. The van der Waals surface area contributed by atoms with E-state index in [9.17, 15) is 14.4 Å². The standard InChI is InChI=1S/C15H12BrNO5S/c1-2-5-17-14(20)12(23-15(17)21)7-9-6-10(16)3-4-11(9)22-8-13(18)19/h2-4,6-7H,1,5,8H2,(H,18,19)/b12-7-. The van der Waals surface area contributed by atoms with Gasteiger partial charge >= 0.3 is 5.97 Å². The second kappa shape index (κ2) is 7.47. The van der Waals surface area contributed by atoms with Crippen molar-refractivity contribution < 1.29 is 24.2 Å². The minimum atomic E-state index is -1.11. The van der Waals surface area contributed by atoms with E-state index in [0.29, 0.717) is 11.3 Å². The number of thioether (sulfide) groups is 1. The van der Waals surface area contributed by atoms with Gasteiger partial charge in [-0.3, -0.25) is 14.5 Å². The van der Waals surface area contributed by atoms with Gasteiger partial charge < -0.3 is 9.84 Å². The molecule has 1 N–H and O–H groups in total. The van der Waals surface area contributed by atoms with E-state index in [4.69, 9.17) is 9.84 Å². The SMILES string of the molecule is C=CCN1C(=O)S/C(=C\c2cc(Br)ccc2OCC(=O)O)C1=O. The highest BCUT2D eigenvalue weighted by atomic mass is 79.9. The molecule has 1 aliphatic heterocycles. The van der Waals surface area contributed by atoms with Crippen LogP contribution in [0.25, 0.3) is 6.08 Å². The fourth-order valence-corrected chi connectivity index (χ4v) is 3.05. The van der Waals surface area contributed by atoms with Crippen LogP contribution in [0.15, 0.2) is 40.2 Å². The highest BCUT2D eigenvalue weighted by Gasteiger charge is 2.34. The van der Waals surface area contributed by atoms with Gasteiger partial charge in [-0.2, -0.15) is 0 Å². The Morgan fingerprint density at radius 1 is 1.43 bits per heavy atom. The largest absolute Gasteiger partial charge is 0.481 e. The van der Waals surface area contributed by atoms with Crippen molar-refractivity contribution >= 4 is 50.9 Å². The maximum absolute atomic E-state index is 12.2. The fraction of sp³-hybridized carbons (Fsp3) is 0.133. The zero-order valence-corrected chi connectivity index (χ0v) is 14.2. The number of benzene rings is 1. The average Bonchev–Trinajstić information content (AvgIpc) is 2.74. The number of carboxylic acids is 1. The number of rotatable bonds is 6. The summed E-state index contributed by atoms with van der Waals surface area (Å²) in [5, 5.41) is 8.34. The van der Waals surface area contributed by atoms with Crippen molar-refractivity contribution in [3.63, 3.8) is 0 Å². The number of hydrogen-bond acceptors (Lipinski definition) is 5. The molecule has 23 heavy (non-hydrogen) atoms. The number of aliphatic carboxylic acids is 1. The van der Waals surface area contributed by atoms with Crippen LogP contribution >= 0.6 is 27.7 Å². The summed E-state index contributed by atoms with van der Waals surface area (Å²) in [6, 6.07) is 4.96. The minimum absolute atomic E-state index is 0.142. The number of ether oxygens (including phenoxy) is 1. The van der Waals surface area contributed by atoms with Gasteiger partial charge in [0, 0.05) is 16.6 Å². The summed E-state index contributed by atoms with van der Waals surface area (Å²) >= 11 is 4.13. The van der Waals surface area contributed by atoms with Gasteiger partial charge in [-0.15, -0.1) is 6.58 Å². The van der Waals surface area contributed by atoms with Crippen LogP contribution in [0.3, 0.4) is 0 Å². The van der Waals surface area contributed by atoms with Crippen LogP contribution in [0.1, 0.15) is 5.56 Å². The summed E-state index contributed by atoms with van der Waals surface area (Å²) in [6.45, 7) is 3.15. The van der Waals surface area contributed by atoms with E-state index < -0.39 is 18.5 Å². The lowest BCUT2D eigenvalue weighted by Crippen LogP contribution is -2.27. The van der Waals surface area contributed by atoms with E-state index in [1.165, 1.54) is 12.2 Å². The maximum atomic E-state index is 12.2. The molecule has 0 bridgehead atoms. The lowest BCUT2D eigenvalue weighted by molar-refractivity contribution is -0.139. The number of imide groups is 1. The summed E-state index contributed by atoms with van der Waals surface area (Å²) in [5.74, 6) is -1.21. The van der Waals surface area contributed by atoms with Gasteiger partial charge in [-0.05, 0) is 36.0 Å². The van der Waals surface area contributed by atoms with Crippen LogP contribution in [0, 0.1) is 0 Å². The molecule has 1 heterocycles. The number of carboxylic acid groups (broad SMARTS) is 1. The van der Waals surface area contributed by atoms with E-state index >= 15 is 0 Å². The van der Waals surface area contributed by atoms with Gasteiger partial charge in [0.25, 0.3) is 11.1 Å². The van der Waals surface area contributed by atoms with Crippen molar-refractivity contribution in [3.05, 3.63) is 45.8 Å². The molecule has 6 nitrogen and oxygen atoms in total. The van der Waals surface area contributed by atoms with Gasteiger partial charge in [-0.25, -0.2) is 4.79 Å². The Hall–Kier alpha value is -2.06. The number of nitrogens with zero attached hydrogens (tertiary/aromatic N) is 1. The highest BCUT2D eigenvalue weighted by molar-refractivity contribution is 9.10. The van der Waals surface area contributed by atoms with E-state index in [1.54, 1.807) is 18.2 Å². The number of hydrogen-bond donors (Lipinski definition) is 1. The molecule has 1 saturated heterocycles. The molecule has 0 saturated carbocycles. The molecule has 1 aromatic carbocycles. The Kier molecular flexibility index (Phi) is 5.62. The molecule has 0 radical (unpaired) electrons. The molecular weight excluding hydrogens is 386 g/mol. The van der Waals surface area contributed by atoms with Gasteiger partial charge in [0.2, 0.25) is 0 Å².